The molecule has 0 spiro atoms. The summed E-state index contributed by atoms with van der Waals surface area (Å²) in [5, 5.41) is 8.64. The van der Waals surface area contributed by atoms with E-state index in [4.69, 9.17) is 15.6 Å². The smallest absolute Gasteiger partial charge is 0.0594 e. The van der Waals surface area contributed by atoms with E-state index in [0.29, 0.717) is 6.42 Å². The second-order valence-electron chi connectivity index (χ2n) is 3.19. The zero-order valence-electron chi connectivity index (χ0n) is 7.41. The molecular formula is C8H18N2O2. The van der Waals surface area contributed by atoms with Gasteiger partial charge in [0, 0.05) is 32.3 Å². The van der Waals surface area contributed by atoms with Gasteiger partial charge in [-0.15, -0.1) is 0 Å². The predicted octanol–water partition coefficient (Wildman–Crippen LogP) is -0.972. The summed E-state index contributed by atoms with van der Waals surface area (Å²) in [7, 11) is 0. The molecule has 0 aliphatic carbocycles. The van der Waals surface area contributed by atoms with Gasteiger partial charge in [0.05, 0.1) is 13.2 Å². The average molecular weight is 174 g/mol. The minimum absolute atomic E-state index is 0.105. The Hall–Kier alpha value is -0.160. The fraction of sp³-hybridized carbons (Fsp3) is 1.00. The Morgan fingerprint density at radius 3 is 2.67 bits per heavy atom. The Morgan fingerprint density at radius 2 is 2.08 bits per heavy atom. The topological polar surface area (TPSA) is 58.7 Å². The molecule has 1 fully saturated rings. The standard InChI is InChI=1S/C8H18N2O2/c9-8(1-4-11)7-10-2-5-12-6-3-10/h8,11H,1-7,9H2. The fourth-order valence-electron chi connectivity index (χ4n) is 1.37. The van der Waals surface area contributed by atoms with Crippen LogP contribution in [0.1, 0.15) is 6.42 Å². The number of nitrogens with zero attached hydrogens (tertiary/aromatic N) is 1. The second-order valence-corrected chi connectivity index (χ2v) is 3.19. The Kier molecular flexibility index (Phi) is 4.53. The van der Waals surface area contributed by atoms with Crippen LogP contribution in [0.3, 0.4) is 0 Å². The summed E-state index contributed by atoms with van der Waals surface area (Å²) in [5.74, 6) is 0. The molecule has 12 heavy (non-hydrogen) atoms. The number of ether oxygens (including phenoxy) is 1. The van der Waals surface area contributed by atoms with Crippen molar-refractivity contribution in [2.45, 2.75) is 12.5 Å². The molecule has 4 nitrogen and oxygen atoms in total. The first-order chi connectivity index (χ1) is 5.83. The molecule has 1 saturated heterocycles. The van der Waals surface area contributed by atoms with Crippen molar-refractivity contribution in [3.8, 4) is 0 Å². The van der Waals surface area contributed by atoms with Crippen LogP contribution in [0.2, 0.25) is 0 Å². The van der Waals surface area contributed by atoms with Crippen LogP contribution in [-0.2, 0) is 4.74 Å². The van der Waals surface area contributed by atoms with Crippen LogP contribution in [0.4, 0.5) is 0 Å². The molecule has 72 valence electrons. The molecule has 0 aromatic heterocycles. The maximum absolute atomic E-state index is 8.64. The van der Waals surface area contributed by atoms with Gasteiger partial charge in [0.1, 0.15) is 0 Å². The van der Waals surface area contributed by atoms with Crippen LogP contribution in [0.25, 0.3) is 0 Å². The highest BCUT2D eigenvalue weighted by Gasteiger charge is 2.12. The number of hydrogen-bond acceptors (Lipinski definition) is 4. The van der Waals surface area contributed by atoms with E-state index in [9.17, 15) is 0 Å². The van der Waals surface area contributed by atoms with Gasteiger partial charge in [0.15, 0.2) is 0 Å². The number of rotatable bonds is 4. The van der Waals surface area contributed by atoms with Crippen molar-refractivity contribution in [3.05, 3.63) is 0 Å². The number of aliphatic hydroxyl groups is 1. The lowest BCUT2D eigenvalue weighted by molar-refractivity contribution is 0.0343. The van der Waals surface area contributed by atoms with Crippen LogP contribution in [0.5, 0.6) is 0 Å². The van der Waals surface area contributed by atoms with Crippen LogP contribution in [0, 0.1) is 0 Å². The maximum atomic E-state index is 8.64. The normalized spacial score (nSPS) is 22.5. The van der Waals surface area contributed by atoms with Crippen LogP contribution in [-0.4, -0.2) is 55.5 Å². The quantitative estimate of drug-likeness (QED) is 0.575. The maximum Gasteiger partial charge on any atom is 0.0594 e. The summed E-state index contributed by atoms with van der Waals surface area (Å²) >= 11 is 0. The van der Waals surface area contributed by atoms with Crippen molar-refractivity contribution in [1.29, 1.82) is 0 Å². The molecule has 0 amide bonds. The van der Waals surface area contributed by atoms with Crippen molar-refractivity contribution >= 4 is 0 Å². The third-order valence-electron chi connectivity index (χ3n) is 2.10. The van der Waals surface area contributed by atoms with E-state index >= 15 is 0 Å². The summed E-state index contributed by atoms with van der Waals surface area (Å²) in [5.41, 5.74) is 5.77. The molecule has 1 unspecified atom stereocenters. The summed E-state index contributed by atoms with van der Waals surface area (Å²) in [6, 6.07) is 0.105. The molecule has 4 heteroatoms. The van der Waals surface area contributed by atoms with Gasteiger partial charge in [-0.1, -0.05) is 0 Å². The molecule has 0 radical (unpaired) electrons. The van der Waals surface area contributed by atoms with E-state index in [1.165, 1.54) is 0 Å². The summed E-state index contributed by atoms with van der Waals surface area (Å²) in [6.07, 6.45) is 0.692. The van der Waals surface area contributed by atoms with E-state index in [0.717, 1.165) is 32.8 Å². The third-order valence-corrected chi connectivity index (χ3v) is 2.10. The van der Waals surface area contributed by atoms with Crippen molar-refractivity contribution in [2.24, 2.45) is 5.73 Å². The largest absolute Gasteiger partial charge is 0.396 e. The molecule has 1 aliphatic heterocycles. The predicted molar refractivity (Wildman–Crippen MR) is 46.9 cm³/mol. The SMILES string of the molecule is NC(CCO)CN1CCOCC1. The van der Waals surface area contributed by atoms with Crippen LogP contribution >= 0.6 is 0 Å². The molecule has 0 bridgehead atoms. The van der Waals surface area contributed by atoms with Crippen LogP contribution < -0.4 is 5.73 Å². The lowest BCUT2D eigenvalue weighted by Crippen LogP contribution is -2.43. The van der Waals surface area contributed by atoms with E-state index in [1.807, 2.05) is 0 Å². The number of aliphatic hydroxyl groups excluding tert-OH is 1. The summed E-state index contributed by atoms with van der Waals surface area (Å²) in [6.45, 7) is 4.63. The zero-order chi connectivity index (χ0) is 8.81. The van der Waals surface area contributed by atoms with Gasteiger partial charge in [-0.05, 0) is 6.42 Å². The molecule has 0 aromatic rings. The van der Waals surface area contributed by atoms with E-state index < -0.39 is 0 Å². The molecule has 0 aromatic carbocycles. The first-order valence-electron chi connectivity index (χ1n) is 4.49. The van der Waals surface area contributed by atoms with Crippen molar-refractivity contribution < 1.29 is 9.84 Å². The summed E-state index contributed by atoms with van der Waals surface area (Å²) in [4.78, 5) is 2.28. The van der Waals surface area contributed by atoms with Gasteiger partial charge in [-0.25, -0.2) is 0 Å². The highest BCUT2D eigenvalue weighted by atomic mass is 16.5. The lowest BCUT2D eigenvalue weighted by atomic mass is 10.2. The number of hydrogen-bond donors (Lipinski definition) is 2. The van der Waals surface area contributed by atoms with Crippen molar-refractivity contribution in [3.63, 3.8) is 0 Å². The lowest BCUT2D eigenvalue weighted by Gasteiger charge is -2.28. The van der Waals surface area contributed by atoms with Gasteiger partial charge in [-0.2, -0.15) is 0 Å². The molecule has 1 aliphatic rings. The molecular weight excluding hydrogens is 156 g/mol. The Bertz CT molecular complexity index is 116. The molecule has 1 rings (SSSR count). The highest BCUT2D eigenvalue weighted by Crippen LogP contribution is 1.98. The Balaban J connectivity index is 2.11. The van der Waals surface area contributed by atoms with Gasteiger partial charge < -0.3 is 15.6 Å². The van der Waals surface area contributed by atoms with Gasteiger partial charge >= 0.3 is 0 Å². The molecule has 1 heterocycles. The molecule has 1 atom stereocenters. The zero-order valence-corrected chi connectivity index (χ0v) is 7.41. The van der Waals surface area contributed by atoms with Crippen LogP contribution in [0.15, 0.2) is 0 Å². The minimum atomic E-state index is 0.105. The van der Waals surface area contributed by atoms with E-state index in [1.54, 1.807) is 0 Å². The van der Waals surface area contributed by atoms with Gasteiger partial charge in [-0.3, -0.25) is 4.90 Å². The highest BCUT2D eigenvalue weighted by molar-refractivity contribution is 4.69. The molecule has 0 saturated carbocycles. The average Bonchev–Trinajstić information content (AvgIpc) is 2.06. The van der Waals surface area contributed by atoms with Crippen molar-refractivity contribution in [1.82, 2.24) is 4.90 Å². The third kappa shape index (κ3) is 3.49. The second kappa shape index (κ2) is 5.48. The monoisotopic (exact) mass is 174 g/mol. The number of nitrogens with two attached hydrogens (primary N) is 1. The van der Waals surface area contributed by atoms with E-state index in [2.05, 4.69) is 4.90 Å². The molecule has 3 N–H and O–H groups in total. The first-order valence-corrected chi connectivity index (χ1v) is 4.49. The van der Waals surface area contributed by atoms with Gasteiger partial charge in [0.2, 0.25) is 0 Å². The van der Waals surface area contributed by atoms with Crippen molar-refractivity contribution in [2.75, 3.05) is 39.5 Å². The summed E-state index contributed by atoms with van der Waals surface area (Å²) < 4.78 is 5.21. The Labute approximate surface area is 73.3 Å². The number of morpholine rings is 1. The Morgan fingerprint density at radius 1 is 1.42 bits per heavy atom. The van der Waals surface area contributed by atoms with Gasteiger partial charge in [0.25, 0.3) is 0 Å². The first kappa shape index (κ1) is 9.92. The fourth-order valence-corrected chi connectivity index (χ4v) is 1.37. The van der Waals surface area contributed by atoms with E-state index in [-0.39, 0.29) is 12.6 Å². The minimum Gasteiger partial charge on any atom is -0.396 e.